The van der Waals surface area contributed by atoms with Gasteiger partial charge in [0.25, 0.3) is 5.56 Å². The van der Waals surface area contributed by atoms with Crippen LogP contribution in [0.1, 0.15) is 23.2 Å². The second-order valence-corrected chi connectivity index (χ2v) is 8.03. The van der Waals surface area contributed by atoms with Crippen LogP contribution in [0.15, 0.2) is 47.3 Å². The zero-order chi connectivity index (χ0) is 21.3. The number of hydrogen-bond acceptors (Lipinski definition) is 5. The topological polar surface area (TPSA) is 85.2 Å². The van der Waals surface area contributed by atoms with Gasteiger partial charge in [-0.2, -0.15) is 0 Å². The van der Waals surface area contributed by atoms with Crippen molar-refractivity contribution < 1.29 is 9.59 Å². The maximum Gasteiger partial charge on any atom is 0.278 e. The number of carbonyl (C=O) groups excluding carboxylic acids is 2. The zero-order valence-electron chi connectivity index (χ0n) is 15.9. The van der Waals surface area contributed by atoms with E-state index in [2.05, 4.69) is 10.3 Å². The highest BCUT2D eigenvalue weighted by molar-refractivity contribution is 6.42. The van der Waals surface area contributed by atoms with Gasteiger partial charge in [0.1, 0.15) is 12.1 Å². The number of hydrogen-bond donors (Lipinski definition) is 0. The lowest BCUT2D eigenvalue weighted by Gasteiger charge is -2.31. The molecule has 30 heavy (non-hydrogen) atoms. The summed E-state index contributed by atoms with van der Waals surface area (Å²) in [6, 6.07) is 11.7. The Kier molecular flexibility index (Phi) is 5.83. The molecule has 1 saturated heterocycles. The zero-order valence-corrected chi connectivity index (χ0v) is 17.4. The summed E-state index contributed by atoms with van der Waals surface area (Å²) >= 11 is 11.9. The molecule has 1 aliphatic heterocycles. The summed E-state index contributed by atoms with van der Waals surface area (Å²) < 4.78 is 1.08. The molecule has 0 aliphatic carbocycles. The molecule has 0 radical (unpaired) electrons. The van der Waals surface area contributed by atoms with Gasteiger partial charge in [0.15, 0.2) is 5.78 Å². The van der Waals surface area contributed by atoms with E-state index in [0.29, 0.717) is 52.4 Å². The summed E-state index contributed by atoms with van der Waals surface area (Å²) in [7, 11) is 0. The van der Waals surface area contributed by atoms with Crippen LogP contribution < -0.4 is 5.56 Å². The van der Waals surface area contributed by atoms with Crippen molar-refractivity contribution in [2.75, 3.05) is 13.1 Å². The molecule has 0 unspecified atom stereocenters. The van der Waals surface area contributed by atoms with Crippen LogP contribution in [0.25, 0.3) is 10.9 Å². The Morgan fingerprint density at radius 2 is 1.77 bits per heavy atom. The Hall–Kier alpha value is -2.77. The normalized spacial score (nSPS) is 14.8. The first-order valence-electron chi connectivity index (χ1n) is 9.53. The van der Waals surface area contributed by atoms with E-state index in [1.54, 1.807) is 47.4 Å². The number of likely N-dealkylation sites (tertiary alicyclic amines) is 1. The molecule has 0 bridgehead atoms. The molecule has 1 aromatic heterocycles. The van der Waals surface area contributed by atoms with Crippen LogP contribution in [0.4, 0.5) is 0 Å². The summed E-state index contributed by atoms with van der Waals surface area (Å²) in [5.41, 5.74) is 0.665. The number of piperidine rings is 1. The second-order valence-electron chi connectivity index (χ2n) is 7.22. The third kappa shape index (κ3) is 4.08. The fourth-order valence-corrected chi connectivity index (χ4v) is 3.93. The second kappa shape index (κ2) is 8.53. The van der Waals surface area contributed by atoms with Crippen molar-refractivity contribution in [3.05, 3.63) is 68.4 Å². The number of halogens is 2. The quantitative estimate of drug-likeness (QED) is 0.576. The number of ketones is 1. The molecule has 0 atom stereocenters. The fourth-order valence-electron chi connectivity index (χ4n) is 3.63. The largest absolute Gasteiger partial charge is 0.341 e. The third-order valence-electron chi connectivity index (χ3n) is 5.34. The van der Waals surface area contributed by atoms with Crippen LogP contribution in [0.5, 0.6) is 0 Å². The molecule has 2 heterocycles. The van der Waals surface area contributed by atoms with Crippen LogP contribution in [0.2, 0.25) is 10.0 Å². The minimum atomic E-state index is -0.348. The Morgan fingerprint density at radius 3 is 2.50 bits per heavy atom. The molecule has 3 aromatic rings. The van der Waals surface area contributed by atoms with Crippen molar-refractivity contribution in [1.29, 1.82) is 0 Å². The number of rotatable bonds is 4. The van der Waals surface area contributed by atoms with Crippen LogP contribution in [0, 0.1) is 5.92 Å². The Balaban J connectivity index is 1.40. The Morgan fingerprint density at radius 1 is 1.03 bits per heavy atom. The first-order chi connectivity index (χ1) is 14.4. The first kappa shape index (κ1) is 20.5. The van der Waals surface area contributed by atoms with Gasteiger partial charge < -0.3 is 4.90 Å². The van der Waals surface area contributed by atoms with Gasteiger partial charge in [0, 0.05) is 24.6 Å². The molecular weight excluding hydrogens is 427 g/mol. The van der Waals surface area contributed by atoms with Gasteiger partial charge in [-0.3, -0.25) is 14.4 Å². The van der Waals surface area contributed by atoms with E-state index in [1.807, 2.05) is 0 Å². The number of Topliss-reactive ketones (excluding diaryl/α,β-unsaturated/α-hetero) is 1. The number of nitrogens with zero attached hydrogens (tertiary/aromatic N) is 4. The standard InChI is InChI=1S/C21H18Cl2N4O3/c22-16-6-5-14(11-17(16)23)20(29)13-7-9-26(10-8-13)19(28)12-27-21(30)15-3-1-2-4-18(15)24-25-27/h1-6,11,13H,7-10,12H2. The highest BCUT2D eigenvalue weighted by Crippen LogP contribution is 2.27. The van der Waals surface area contributed by atoms with E-state index in [-0.39, 0.29) is 29.7 Å². The fraction of sp³-hybridized carbons (Fsp3) is 0.286. The smallest absolute Gasteiger partial charge is 0.278 e. The van der Waals surface area contributed by atoms with E-state index < -0.39 is 0 Å². The van der Waals surface area contributed by atoms with Gasteiger partial charge in [-0.1, -0.05) is 40.5 Å². The summed E-state index contributed by atoms with van der Waals surface area (Å²) in [6.45, 7) is 0.695. The Labute approximate surface area is 182 Å². The van der Waals surface area contributed by atoms with E-state index >= 15 is 0 Å². The molecule has 154 valence electrons. The summed E-state index contributed by atoms with van der Waals surface area (Å²) in [5, 5.41) is 9.04. The highest BCUT2D eigenvalue weighted by atomic mass is 35.5. The molecule has 7 nitrogen and oxygen atoms in total. The number of fused-ring (bicyclic) bond motifs is 1. The monoisotopic (exact) mass is 444 g/mol. The number of carbonyl (C=O) groups is 2. The van der Waals surface area contributed by atoms with Crippen molar-refractivity contribution in [3.63, 3.8) is 0 Å². The molecule has 1 fully saturated rings. The van der Waals surface area contributed by atoms with Gasteiger partial charge in [-0.15, -0.1) is 5.10 Å². The molecule has 2 aromatic carbocycles. The molecule has 1 aliphatic rings. The van der Waals surface area contributed by atoms with Crippen molar-refractivity contribution in [1.82, 2.24) is 19.9 Å². The van der Waals surface area contributed by atoms with E-state index in [4.69, 9.17) is 23.2 Å². The maximum absolute atomic E-state index is 12.7. The average Bonchev–Trinajstić information content (AvgIpc) is 2.77. The van der Waals surface area contributed by atoms with Crippen molar-refractivity contribution in [2.24, 2.45) is 5.92 Å². The van der Waals surface area contributed by atoms with Gasteiger partial charge in [-0.25, -0.2) is 4.68 Å². The minimum Gasteiger partial charge on any atom is -0.341 e. The lowest BCUT2D eigenvalue weighted by molar-refractivity contribution is -0.133. The van der Waals surface area contributed by atoms with Crippen LogP contribution in [-0.4, -0.2) is 44.7 Å². The molecule has 1 amide bonds. The SMILES string of the molecule is O=C(c1ccc(Cl)c(Cl)c1)C1CCN(C(=O)Cn2nnc3ccccc3c2=O)CC1. The summed E-state index contributed by atoms with van der Waals surface area (Å²) in [5.74, 6) is -0.408. The first-order valence-corrected chi connectivity index (χ1v) is 10.3. The highest BCUT2D eigenvalue weighted by Gasteiger charge is 2.28. The van der Waals surface area contributed by atoms with Crippen LogP contribution >= 0.6 is 23.2 Å². The lowest BCUT2D eigenvalue weighted by atomic mass is 9.89. The average molecular weight is 445 g/mol. The summed E-state index contributed by atoms with van der Waals surface area (Å²) in [6.07, 6.45) is 1.09. The molecule has 0 saturated carbocycles. The molecule has 0 N–H and O–H groups in total. The van der Waals surface area contributed by atoms with Crippen molar-refractivity contribution in [3.8, 4) is 0 Å². The van der Waals surface area contributed by atoms with Crippen LogP contribution in [0.3, 0.4) is 0 Å². The Bertz CT molecular complexity index is 1190. The number of aromatic nitrogens is 3. The van der Waals surface area contributed by atoms with E-state index in [1.165, 1.54) is 0 Å². The predicted octanol–water partition coefficient (Wildman–Crippen LogP) is 3.22. The van der Waals surface area contributed by atoms with Gasteiger partial charge in [0.05, 0.1) is 15.4 Å². The minimum absolute atomic E-state index is 0.00252. The van der Waals surface area contributed by atoms with E-state index in [0.717, 1.165) is 4.68 Å². The molecule has 4 rings (SSSR count). The van der Waals surface area contributed by atoms with Crippen molar-refractivity contribution in [2.45, 2.75) is 19.4 Å². The molecule has 0 spiro atoms. The van der Waals surface area contributed by atoms with Gasteiger partial charge >= 0.3 is 0 Å². The molecule has 9 heteroatoms. The van der Waals surface area contributed by atoms with E-state index in [9.17, 15) is 14.4 Å². The van der Waals surface area contributed by atoms with Gasteiger partial charge in [0.2, 0.25) is 5.91 Å². The van der Waals surface area contributed by atoms with Crippen molar-refractivity contribution >= 4 is 45.8 Å². The summed E-state index contributed by atoms with van der Waals surface area (Å²) in [4.78, 5) is 39.6. The predicted molar refractivity (Wildman–Crippen MR) is 114 cm³/mol. The number of amides is 1. The number of benzene rings is 2. The maximum atomic E-state index is 12.7. The molecular formula is C21H18Cl2N4O3. The lowest BCUT2D eigenvalue weighted by Crippen LogP contribution is -2.43. The van der Waals surface area contributed by atoms with Crippen LogP contribution in [-0.2, 0) is 11.3 Å². The van der Waals surface area contributed by atoms with Gasteiger partial charge in [-0.05, 0) is 43.2 Å². The third-order valence-corrected chi connectivity index (χ3v) is 6.08.